The van der Waals surface area contributed by atoms with Crippen LogP contribution in [0.2, 0.25) is 0 Å². The van der Waals surface area contributed by atoms with Crippen molar-refractivity contribution in [1.82, 2.24) is 14.9 Å². The van der Waals surface area contributed by atoms with Gasteiger partial charge in [-0.3, -0.25) is 4.90 Å². The lowest BCUT2D eigenvalue weighted by atomic mass is 9.88. The number of nitrogens with zero attached hydrogens (tertiary/aromatic N) is 3. The van der Waals surface area contributed by atoms with Gasteiger partial charge in [0.1, 0.15) is 18.2 Å². The Hall–Kier alpha value is -3.04. The smallest absolute Gasteiger partial charge is 0.451 e. The number of rotatable bonds is 7. The molecule has 1 aliphatic heterocycles. The van der Waals surface area contributed by atoms with E-state index in [9.17, 15) is 17.6 Å². The molecule has 2 heterocycles. The molecule has 0 bridgehead atoms. The molecule has 0 amide bonds. The molecule has 34 heavy (non-hydrogen) atoms. The van der Waals surface area contributed by atoms with Gasteiger partial charge in [-0.15, -0.1) is 0 Å². The fourth-order valence-corrected chi connectivity index (χ4v) is 4.24. The molecule has 1 fully saturated rings. The second-order valence-electron chi connectivity index (χ2n) is 8.27. The van der Waals surface area contributed by atoms with Gasteiger partial charge in [0.25, 0.3) is 0 Å². The number of alkyl halides is 3. The van der Waals surface area contributed by atoms with Crippen LogP contribution in [0.3, 0.4) is 0 Å². The summed E-state index contributed by atoms with van der Waals surface area (Å²) in [7, 11) is 0. The Kier molecular flexibility index (Phi) is 7.43. The number of hydrogen-bond donors (Lipinski definition) is 1. The summed E-state index contributed by atoms with van der Waals surface area (Å²) in [6.07, 6.45) is -2.25. The van der Waals surface area contributed by atoms with Crippen molar-refractivity contribution in [3.63, 3.8) is 0 Å². The molecule has 1 N–H and O–H groups in total. The fourth-order valence-electron chi connectivity index (χ4n) is 4.24. The van der Waals surface area contributed by atoms with Gasteiger partial charge in [0.15, 0.2) is 0 Å². The van der Waals surface area contributed by atoms with Gasteiger partial charge >= 0.3 is 6.18 Å². The van der Waals surface area contributed by atoms with Gasteiger partial charge in [-0.25, -0.2) is 14.4 Å². The Morgan fingerprint density at radius 1 is 1.06 bits per heavy atom. The van der Waals surface area contributed by atoms with Crippen LogP contribution in [-0.4, -0.2) is 46.3 Å². The minimum Gasteiger partial charge on any atom is -0.491 e. The van der Waals surface area contributed by atoms with Crippen LogP contribution in [0.1, 0.15) is 35.8 Å². The first-order valence-electron chi connectivity index (χ1n) is 11.1. The van der Waals surface area contributed by atoms with Crippen molar-refractivity contribution < 1.29 is 27.4 Å². The molecule has 0 atom stereocenters. The van der Waals surface area contributed by atoms with Crippen LogP contribution < -0.4 is 4.74 Å². The van der Waals surface area contributed by atoms with Crippen molar-refractivity contribution in [3.8, 4) is 16.9 Å². The average Bonchev–Trinajstić information content (AvgIpc) is 2.82. The Bertz CT molecular complexity index is 1120. The third-order valence-electron chi connectivity index (χ3n) is 5.85. The van der Waals surface area contributed by atoms with Crippen LogP contribution >= 0.6 is 0 Å². The van der Waals surface area contributed by atoms with Crippen molar-refractivity contribution in [1.29, 1.82) is 0 Å². The summed E-state index contributed by atoms with van der Waals surface area (Å²) in [5.41, 5.74) is 2.26. The highest BCUT2D eigenvalue weighted by Crippen LogP contribution is 2.36. The normalized spacial score (nSPS) is 15.4. The van der Waals surface area contributed by atoms with Gasteiger partial charge in [-0.2, -0.15) is 13.2 Å². The number of aromatic nitrogens is 2. The molecule has 0 saturated carbocycles. The molecule has 3 aromatic rings. The summed E-state index contributed by atoms with van der Waals surface area (Å²) in [4.78, 5) is 9.66. The van der Waals surface area contributed by atoms with Crippen LogP contribution in [0.4, 0.5) is 17.6 Å². The third-order valence-corrected chi connectivity index (χ3v) is 5.85. The van der Waals surface area contributed by atoms with Gasteiger partial charge in [0, 0.05) is 24.2 Å². The van der Waals surface area contributed by atoms with Gasteiger partial charge in [0.05, 0.1) is 12.3 Å². The predicted molar refractivity (Wildman–Crippen MR) is 119 cm³/mol. The zero-order valence-corrected chi connectivity index (χ0v) is 18.4. The van der Waals surface area contributed by atoms with E-state index in [4.69, 9.17) is 9.84 Å². The summed E-state index contributed by atoms with van der Waals surface area (Å²) < 4.78 is 59.3. The van der Waals surface area contributed by atoms with Crippen molar-refractivity contribution in [2.24, 2.45) is 0 Å². The molecule has 180 valence electrons. The molecule has 1 aliphatic rings. The van der Waals surface area contributed by atoms with E-state index in [-0.39, 0.29) is 19.1 Å². The zero-order chi connectivity index (χ0) is 24.1. The third kappa shape index (κ3) is 5.90. The molecule has 5 nitrogen and oxygen atoms in total. The highest BCUT2D eigenvalue weighted by atomic mass is 19.4. The number of aliphatic hydroxyl groups is 1. The maximum Gasteiger partial charge on any atom is 0.451 e. The van der Waals surface area contributed by atoms with E-state index in [0.717, 1.165) is 11.8 Å². The first kappa shape index (κ1) is 24.1. The van der Waals surface area contributed by atoms with Crippen LogP contribution in [0, 0.1) is 5.82 Å². The average molecular weight is 475 g/mol. The van der Waals surface area contributed by atoms with E-state index in [1.807, 2.05) is 24.3 Å². The molecule has 4 rings (SSSR count). The van der Waals surface area contributed by atoms with E-state index >= 15 is 0 Å². The van der Waals surface area contributed by atoms with E-state index in [0.29, 0.717) is 55.0 Å². The molecule has 1 saturated heterocycles. The second kappa shape index (κ2) is 10.5. The first-order chi connectivity index (χ1) is 16.3. The minimum absolute atomic E-state index is 0.0611. The highest BCUT2D eigenvalue weighted by Gasteiger charge is 2.36. The van der Waals surface area contributed by atoms with Crippen LogP contribution in [0.25, 0.3) is 11.1 Å². The topological polar surface area (TPSA) is 58.5 Å². The highest BCUT2D eigenvalue weighted by molar-refractivity contribution is 5.65. The molecule has 0 radical (unpaired) electrons. The Labute approximate surface area is 195 Å². The van der Waals surface area contributed by atoms with E-state index in [2.05, 4.69) is 14.9 Å². The maximum absolute atomic E-state index is 13.8. The molecule has 0 unspecified atom stereocenters. The predicted octanol–water partition coefficient (Wildman–Crippen LogP) is 5.05. The van der Waals surface area contributed by atoms with E-state index in [1.54, 1.807) is 6.07 Å². The summed E-state index contributed by atoms with van der Waals surface area (Å²) in [5, 5.41) is 8.92. The van der Waals surface area contributed by atoms with Crippen molar-refractivity contribution in [2.45, 2.75) is 31.5 Å². The monoisotopic (exact) mass is 475 g/mol. The number of likely N-dealkylation sites (tertiary alicyclic amines) is 1. The van der Waals surface area contributed by atoms with Crippen LogP contribution in [0.5, 0.6) is 5.75 Å². The van der Waals surface area contributed by atoms with Crippen molar-refractivity contribution in [3.05, 3.63) is 77.6 Å². The summed E-state index contributed by atoms with van der Waals surface area (Å²) >= 11 is 0. The van der Waals surface area contributed by atoms with Gasteiger partial charge in [-0.05, 0) is 61.3 Å². The minimum atomic E-state index is -4.65. The Morgan fingerprint density at radius 3 is 2.53 bits per heavy atom. The summed E-state index contributed by atoms with van der Waals surface area (Å²) in [5.74, 6) is -1.16. The molecule has 0 aliphatic carbocycles. The second-order valence-corrected chi connectivity index (χ2v) is 8.27. The number of benzene rings is 2. The van der Waals surface area contributed by atoms with Crippen molar-refractivity contribution in [2.75, 3.05) is 26.3 Å². The lowest BCUT2D eigenvalue weighted by Gasteiger charge is -2.32. The molecule has 9 heteroatoms. The quantitative estimate of drug-likeness (QED) is 0.485. The first-order valence-corrected chi connectivity index (χ1v) is 11.1. The summed E-state index contributed by atoms with van der Waals surface area (Å²) in [6, 6.07) is 13.4. The summed E-state index contributed by atoms with van der Waals surface area (Å²) in [6.45, 7) is 2.20. The van der Waals surface area contributed by atoms with Gasteiger partial charge in [0.2, 0.25) is 5.82 Å². The number of piperidine rings is 1. The standard InChI is InChI=1S/C25H25F4N3O2/c26-20-5-2-4-19(14-20)22-15-30-24(25(27,28)29)31-23(22)18-7-9-32(10-8-18)16-17-3-1-6-21(13-17)34-12-11-33/h1-6,13-15,18,33H,7-12,16H2. The Balaban J connectivity index is 1.51. The molecule has 2 aromatic carbocycles. The largest absolute Gasteiger partial charge is 0.491 e. The lowest BCUT2D eigenvalue weighted by molar-refractivity contribution is -0.145. The number of aliphatic hydroxyl groups excluding tert-OH is 1. The van der Waals surface area contributed by atoms with Gasteiger partial charge in [-0.1, -0.05) is 24.3 Å². The Morgan fingerprint density at radius 2 is 1.82 bits per heavy atom. The van der Waals surface area contributed by atoms with Crippen molar-refractivity contribution >= 4 is 0 Å². The number of hydrogen-bond acceptors (Lipinski definition) is 5. The molecule has 0 spiro atoms. The zero-order valence-electron chi connectivity index (χ0n) is 18.4. The molecular weight excluding hydrogens is 450 g/mol. The SMILES string of the molecule is OCCOc1cccc(CN2CCC(c3nc(C(F)(F)F)ncc3-c3cccc(F)c3)CC2)c1. The fraction of sp³-hybridized carbons (Fsp3) is 0.360. The van der Waals surface area contributed by atoms with Crippen LogP contribution in [-0.2, 0) is 12.7 Å². The number of halogens is 4. The van der Waals surface area contributed by atoms with Gasteiger partial charge < -0.3 is 9.84 Å². The van der Waals surface area contributed by atoms with E-state index in [1.165, 1.54) is 18.2 Å². The lowest BCUT2D eigenvalue weighted by Crippen LogP contribution is -2.33. The molecule has 1 aromatic heterocycles. The molecular formula is C25H25F4N3O2. The van der Waals surface area contributed by atoms with Crippen LogP contribution in [0.15, 0.2) is 54.7 Å². The number of ether oxygens (including phenoxy) is 1. The maximum atomic E-state index is 13.8. The van der Waals surface area contributed by atoms with E-state index < -0.39 is 17.8 Å².